The molecule has 0 aliphatic carbocycles. The third-order valence-corrected chi connectivity index (χ3v) is 2.78. The predicted molar refractivity (Wildman–Crippen MR) is 67.7 cm³/mol. The number of aromatic nitrogens is 1. The number of benzene rings is 1. The van der Waals surface area contributed by atoms with Crippen LogP contribution < -0.4 is 5.32 Å². The van der Waals surface area contributed by atoms with Crippen LogP contribution in [0.2, 0.25) is 5.15 Å². The lowest BCUT2D eigenvalue weighted by Gasteiger charge is -2.10. The van der Waals surface area contributed by atoms with Gasteiger partial charge in [0.05, 0.1) is 5.69 Å². The summed E-state index contributed by atoms with van der Waals surface area (Å²) in [6.07, 6.45) is 1.67. The average Bonchev–Trinajstić information content (AvgIpc) is 2.31. The number of nitrogens with one attached hydrogen (secondary N) is 1. The first-order valence-electron chi connectivity index (χ1n) is 5.26. The van der Waals surface area contributed by atoms with E-state index in [0.717, 1.165) is 16.8 Å². The lowest BCUT2D eigenvalue weighted by Crippen LogP contribution is -2.02. The van der Waals surface area contributed by atoms with Crippen molar-refractivity contribution in [2.75, 3.05) is 5.32 Å². The predicted octanol–water partition coefficient (Wildman–Crippen LogP) is 3.79. The maximum absolute atomic E-state index is 12.7. The van der Waals surface area contributed by atoms with E-state index < -0.39 is 0 Å². The second kappa shape index (κ2) is 5.15. The highest BCUT2D eigenvalue weighted by Crippen LogP contribution is 2.23. The number of rotatable bonds is 3. The standard InChI is InChI=1S/C13H12ClFN2/c1-9-6-7-16-13(14)12(9)17-8-10-2-4-11(15)5-3-10/h2-7,17H,8H2,1H3. The molecule has 0 amide bonds. The summed E-state index contributed by atoms with van der Waals surface area (Å²) < 4.78 is 12.7. The average molecular weight is 251 g/mol. The van der Waals surface area contributed by atoms with Crippen LogP contribution in [-0.2, 0) is 6.54 Å². The molecule has 0 fully saturated rings. The number of anilines is 1. The lowest BCUT2D eigenvalue weighted by molar-refractivity contribution is 0.627. The van der Waals surface area contributed by atoms with Crippen LogP contribution in [0.4, 0.5) is 10.1 Å². The van der Waals surface area contributed by atoms with Crippen LogP contribution in [0.25, 0.3) is 0 Å². The van der Waals surface area contributed by atoms with Gasteiger partial charge in [0, 0.05) is 12.7 Å². The second-order valence-corrected chi connectivity index (χ2v) is 4.13. The van der Waals surface area contributed by atoms with Gasteiger partial charge in [-0.2, -0.15) is 0 Å². The Bertz CT molecular complexity index is 491. The molecular formula is C13H12ClFN2. The fourth-order valence-electron chi connectivity index (χ4n) is 1.53. The van der Waals surface area contributed by atoms with Crippen molar-refractivity contribution in [3.05, 3.63) is 58.6 Å². The van der Waals surface area contributed by atoms with Gasteiger partial charge in [-0.25, -0.2) is 9.37 Å². The molecule has 0 aliphatic heterocycles. The van der Waals surface area contributed by atoms with Crippen LogP contribution in [0.15, 0.2) is 36.5 Å². The van der Waals surface area contributed by atoms with E-state index in [1.165, 1.54) is 12.1 Å². The minimum Gasteiger partial charge on any atom is -0.378 e. The lowest BCUT2D eigenvalue weighted by atomic mass is 10.2. The molecule has 0 saturated carbocycles. The number of aryl methyl sites for hydroxylation is 1. The number of hydrogen-bond donors (Lipinski definition) is 1. The van der Waals surface area contributed by atoms with Crippen molar-refractivity contribution in [1.82, 2.24) is 4.98 Å². The zero-order chi connectivity index (χ0) is 12.3. The fourth-order valence-corrected chi connectivity index (χ4v) is 1.80. The van der Waals surface area contributed by atoms with Crippen molar-refractivity contribution < 1.29 is 4.39 Å². The Balaban J connectivity index is 2.10. The third kappa shape index (κ3) is 2.94. The summed E-state index contributed by atoms with van der Waals surface area (Å²) >= 11 is 5.99. The van der Waals surface area contributed by atoms with E-state index in [1.807, 2.05) is 13.0 Å². The Kier molecular flexibility index (Phi) is 3.59. The molecule has 88 valence electrons. The summed E-state index contributed by atoms with van der Waals surface area (Å²) in [7, 11) is 0. The van der Waals surface area contributed by atoms with Crippen molar-refractivity contribution in [1.29, 1.82) is 0 Å². The Morgan fingerprint density at radius 3 is 2.59 bits per heavy atom. The van der Waals surface area contributed by atoms with Crippen molar-refractivity contribution in [2.24, 2.45) is 0 Å². The molecule has 1 N–H and O–H groups in total. The molecule has 0 saturated heterocycles. The zero-order valence-electron chi connectivity index (χ0n) is 9.37. The molecule has 0 radical (unpaired) electrons. The molecule has 0 aliphatic rings. The van der Waals surface area contributed by atoms with Gasteiger partial charge in [0.2, 0.25) is 0 Å². The minimum atomic E-state index is -0.232. The highest BCUT2D eigenvalue weighted by molar-refractivity contribution is 6.32. The molecular weight excluding hydrogens is 239 g/mol. The molecule has 2 nitrogen and oxygen atoms in total. The van der Waals surface area contributed by atoms with Crippen LogP contribution in [0, 0.1) is 12.7 Å². The van der Waals surface area contributed by atoms with Crippen LogP contribution in [0.5, 0.6) is 0 Å². The van der Waals surface area contributed by atoms with Gasteiger partial charge >= 0.3 is 0 Å². The smallest absolute Gasteiger partial charge is 0.152 e. The normalized spacial score (nSPS) is 10.3. The summed E-state index contributed by atoms with van der Waals surface area (Å²) in [4.78, 5) is 4.01. The van der Waals surface area contributed by atoms with E-state index in [9.17, 15) is 4.39 Å². The van der Waals surface area contributed by atoms with Gasteiger partial charge in [0.15, 0.2) is 5.15 Å². The zero-order valence-corrected chi connectivity index (χ0v) is 10.1. The summed E-state index contributed by atoms with van der Waals surface area (Å²) in [5.74, 6) is -0.232. The molecule has 1 aromatic carbocycles. The van der Waals surface area contributed by atoms with E-state index >= 15 is 0 Å². The summed E-state index contributed by atoms with van der Waals surface area (Å²) in [5, 5.41) is 3.65. The van der Waals surface area contributed by atoms with Crippen molar-refractivity contribution >= 4 is 17.3 Å². The molecule has 0 bridgehead atoms. The third-order valence-electron chi connectivity index (χ3n) is 2.50. The van der Waals surface area contributed by atoms with Crippen molar-refractivity contribution in [3.8, 4) is 0 Å². The highest BCUT2D eigenvalue weighted by Gasteiger charge is 2.04. The highest BCUT2D eigenvalue weighted by atomic mass is 35.5. The van der Waals surface area contributed by atoms with Crippen molar-refractivity contribution in [2.45, 2.75) is 13.5 Å². The topological polar surface area (TPSA) is 24.9 Å². The Hall–Kier alpha value is -1.61. The Labute approximate surface area is 104 Å². The summed E-state index contributed by atoms with van der Waals surface area (Å²) in [6, 6.07) is 8.24. The van der Waals surface area contributed by atoms with Gasteiger partial charge in [-0.3, -0.25) is 0 Å². The van der Waals surface area contributed by atoms with Gasteiger partial charge in [0.1, 0.15) is 5.82 Å². The first-order valence-corrected chi connectivity index (χ1v) is 5.64. The second-order valence-electron chi connectivity index (χ2n) is 3.77. The largest absolute Gasteiger partial charge is 0.378 e. The minimum absolute atomic E-state index is 0.232. The van der Waals surface area contributed by atoms with Crippen LogP contribution in [-0.4, -0.2) is 4.98 Å². The van der Waals surface area contributed by atoms with Gasteiger partial charge in [-0.15, -0.1) is 0 Å². The molecule has 1 aromatic heterocycles. The molecule has 4 heteroatoms. The Morgan fingerprint density at radius 1 is 1.24 bits per heavy atom. The monoisotopic (exact) mass is 250 g/mol. The maximum Gasteiger partial charge on any atom is 0.152 e. The molecule has 0 spiro atoms. The maximum atomic E-state index is 12.7. The van der Waals surface area contributed by atoms with Crippen LogP contribution in [0.1, 0.15) is 11.1 Å². The quantitative estimate of drug-likeness (QED) is 0.839. The first-order chi connectivity index (χ1) is 8.16. The molecule has 2 rings (SSSR count). The summed E-state index contributed by atoms with van der Waals surface area (Å²) in [5.41, 5.74) is 2.84. The Morgan fingerprint density at radius 2 is 1.94 bits per heavy atom. The van der Waals surface area contributed by atoms with E-state index in [4.69, 9.17) is 11.6 Å². The van der Waals surface area contributed by atoms with Crippen LogP contribution in [0.3, 0.4) is 0 Å². The molecule has 0 atom stereocenters. The number of nitrogens with zero attached hydrogens (tertiary/aromatic N) is 1. The molecule has 17 heavy (non-hydrogen) atoms. The van der Waals surface area contributed by atoms with Crippen LogP contribution >= 0.6 is 11.6 Å². The fraction of sp³-hybridized carbons (Fsp3) is 0.154. The van der Waals surface area contributed by atoms with Crippen molar-refractivity contribution in [3.63, 3.8) is 0 Å². The SMILES string of the molecule is Cc1ccnc(Cl)c1NCc1ccc(F)cc1. The number of hydrogen-bond acceptors (Lipinski definition) is 2. The van der Waals surface area contributed by atoms with E-state index in [-0.39, 0.29) is 5.82 Å². The first kappa shape index (κ1) is 11.9. The molecule has 0 unspecified atom stereocenters. The van der Waals surface area contributed by atoms with Gasteiger partial charge in [0.25, 0.3) is 0 Å². The number of pyridine rings is 1. The van der Waals surface area contributed by atoms with Gasteiger partial charge in [-0.1, -0.05) is 23.7 Å². The van der Waals surface area contributed by atoms with E-state index in [0.29, 0.717) is 11.7 Å². The van der Waals surface area contributed by atoms with Gasteiger partial charge in [-0.05, 0) is 36.2 Å². The number of halogens is 2. The van der Waals surface area contributed by atoms with E-state index in [1.54, 1.807) is 18.3 Å². The van der Waals surface area contributed by atoms with E-state index in [2.05, 4.69) is 10.3 Å². The molecule has 2 aromatic rings. The molecule has 1 heterocycles. The van der Waals surface area contributed by atoms with Gasteiger partial charge < -0.3 is 5.32 Å². The summed E-state index contributed by atoms with van der Waals surface area (Å²) in [6.45, 7) is 2.55.